The Balaban J connectivity index is 1.29. The molecule has 0 atom stereocenters. The van der Waals surface area contributed by atoms with Crippen molar-refractivity contribution in [2.24, 2.45) is 0 Å². The molecule has 5 rings (SSSR count). The zero-order valence-electron chi connectivity index (χ0n) is 21.6. The number of nitrogens with one attached hydrogen (secondary N) is 3. The second kappa shape index (κ2) is 11.0. The number of benzene rings is 1. The maximum Gasteiger partial charge on any atom is 0.255 e. The number of carbonyl (C=O) groups excluding carboxylic acids is 2. The van der Waals surface area contributed by atoms with Crippen LogP contribution in [0.4, 0.5) is 0 Å². The van der Waals surface area contributed by atoms with Gasteiger partial charge in [-0.05, 0) is 50.7 Å². The second-order valence-corrected chi connectivity index (χ2v) is 9.88. The summed E-state index contributed by atoms with van der Waals surface area (Å²) in [5.74, 6) is 0.741. The number of amides is 2. The summed E-state index contributed by atoms with van der Waals surface area (Å²) in [6, 6.07) is 5.50. The van der Waals surface area contributed by atoms with E-state index in [1.165, 1.54) is 6.33 Å². The molecule has 202 valence electrons. The lowest BCUT2D eigenvalue weighted by Crippen LogP contribution is -2.47. The summed E-state index contributed by atoms with van der Waals surface area (Å²) in [5.41, 5.74) is 1.76. The molecule has 2 fully saturated rings. The van der Waals surface area contributed by atoms with Gasteiger partial charge in [0.05, 0.1) is 24.8 Å². The van der Waals surface area contributed by atoms with Crippen molar-refractivity contribution >= 4 is 22.8 Å². The summed E-state index contributed by atoms with van der Waals surface area (Å²) in [7, 11) is 3.20. The number of hydrogen-bond donors (Lipinski definition) is 4. The first kappa shape index (κ1) is 25.9. The Morgan fingerprint density at radius 2 is 1.82 bits per heavy atom. The Bertz CT molecular complexity index is 1310. The summed E-state index contributed by atoms with van der Waals surface area (Å²) < 4.78 is 16.4. The molecule has 38 heavy (non-hydrogen) atoms. The number of aromatic nitrogens is 3. The molecule has 2 amide bonds. The van der Waals surface area contributed by atoms with Crippen molar-refractivity contribution in [3.05, 3.63) is 36.3 Å². The highest BCUT2D eigenvalue weighted by molar-refractivity contribution is 6.08. The molecule has 3 aromatic rings. The molecule has 2 aliphatic carbocycles. The van der Waals surface area contributed by atoms with Gasteiger partial charge in [-0.15, -0.1) is 0 Å². The molecule has 1 aromatic carbocycles. The van der Waals surface area contributed by atoms with Crippen LogP contribution >= 0.6 is 0 Å². The van der Waals surface area contributed by atoms with Crippen molar-refractivity contribution in [2.75, 3.05) is 27.4 Å². The summed E-state index contributed by atoms with van der Waals surface area (Å²) in [6.45, 7) is 0.787. The van der Waals surface area contributed by atoms with Gasteiger partial charge >= 0.3 is 0 Å². The summed E-state index contributed by atoms with van der Waals surface area (Å²) in [5, 5.41) is 16.0. The van der Waals surface area contributed by atoms with Crippen LogP contribution in [-0.4, -0.2) is 77.0 Å². The molecule has 0 radical (unpaired) electrons. The van der Waals surface area contributed by atoms with Crippen LogP contribution < -0.4 is 20.1 Å². The van der Waals surface area contributed by atoms with Gasteiger partial charge in [-0.1, -0.05) is 0 Å². The molecule has 0 unspecified atom stereocenters. The topological polar surface area (TPSA) is 148 Å². The van der Waals surface area contributed by atoms with Crippen LogP contribution in [0.25, 0.3) is 22.3 Å². The Morgan fingerprint density at radius 1 is 1.08 bits per heavy atom. The van der Waals surface area contributed by atoms with E-state index in [4.69, 9.17) is 14.2 Å². The third kappa shape index (κ3) is 5.44. The highest BCUT2D eigenvalue weighted by atomic mass is 16.5. The SMILES string of the molecule is COCCOc1cc(OC)ccc1-c1ncnc2c(C(=O)N[C@H]3CC[C@@H](NC(=O)C4(O)CC4)CC3)c[nH]c12. The lowest BCUT2D eigenvalue weighted by Gasteiger charge is -2.30. The zero-order chi connectivity index (χ0) is 26.7. The van der Waals surface area contributed by atoms with Crippen molar-refractivity contribution < 1.29 is 28.9 Å². The zero-order valence-corrected chi connectivity index (χ0v) is 21.6. The van der Waals surface area contributed by atoms with Gasteiger partial charge in [-0.2, -0.15) is 0 Å². The van der Waals surface area contributed by atoms with E-state index < -0.39 is 5.60 Å². The number of H-pyrrole nitrogens is 1. The van der Waals surface area contributed by atoms with Crippen LogP contribution in [0.15, 0.2) is 30.7 Å². The number of rotatable bonds is 10. The van der Waals surface area contributed by atoms with Gasteiger partial charge in [-0.25, -0.2) is 9.97 Å². The predicted molar refractivity (Wildman–Crippen MR) is 139 cm³/mol. The molecule has 2 saturated carbocycles. The van der Waals surface area contributed by atoms with Crippen molar-refractivity contribution in [3.63, 3.8) is 0 Å². The fraction of sp³-hybridized carbons (Fsp3) is 0.481. The van der Waals surface area contributed by atoms with E-state index >= 15 is 0 Å². The fourth-order valence-corrected chi connectivity index (χ4v) is 4.81. The number of carbonyl (C=O) groups is 2. The van der Waals surface area contributed by atoms with E-state index in [1.54, 1.807) is 26.5 Å². The van der Waals surface area contributed by atoms with E-state index in [0.29, 0.717) is 59.8 Å². The van der Waals surface area contributed by atoms with E-state index in [-0.39, 0.29) is 23.9 Å². The third-order valence-electron chi connectivity index (χ3n) is 7.24. The molecule has 4 N–H and O–H groups in total. The summed E-state index contributed by atoms with van der Waals surface area (Å²) in [6.07, 6.45) is 7.12. The van der Waals surface area contributed by atoms with Crippen molar-refractivity contribution in [2.45, 2.75) is 56.2 Å². The number of aromatic amines is 1. The first-order valence-corrected chi connectivity index (χ1v) is 12.9. The van der Waals surface area contributed by atoms with Crippen LogP contribution in [-0.2, 0) is 9.53 Å². The standard InChI is InChI=1S/C27H33N5O6/c1-36-11-12-38-21-13-18(37-2)7-8-19(21)22-24-23(30-15-29-22)20(14-28-24)25(33)31-16-3-5-17(6-4-16)32-26(34)27(35)9-10-27/h7-8,13-17,28,35H,3-6,9-12H2,1-2H3,(H,31,33)(H,32,34)/t16-,17+. The molecule has 2 aliphatic rings. The lowest BCUT2D eigenvalue weighted by molar-refractivity contribution is -0.132. The maximum absolute atomic E-state index is 13.2. The van der Waals surface area contributed by atoms with Crippen molar-refractivity contribution in [1.29, 1.82) is 0 Å². The average molecular weight is 524 g/mol. The second-order valence-electron chi connectivity index (χ2n) is 9.88. The van der Waals surface area contributed by atoms with Crippen LogP contribution in [0, 0.1) is 0 Å². The first-order valence-electron chi connectivity index (χ1n) is 12.9. The summed E-state index contributed by atoms with van der Waals surface area (Å²) >= 11 is 0. The molecule has 0 saturated heterocycles. The largest absolute Gasteiger partial charge is 0.497 e. The van der Waals surface area contributed by atoms with Gasteiger partial charge in [0.2, 0.25) is 0 Å². The molecular formula is C27H33N5O6. The number of ether oxygens (including phenoxy) is 3. The molecule has 2 heterocycles. The number of methoxy groups -OCH3 is 2. The smallest absolute Gasteiger partial charge is 0.255 e. The van der Waals surface area contributed by atoms with Crippen molar-refractivity contribution in [1.82, 2.24) is 25.6 Å². The Labute approximate surface area is 220 Å². The van der Waals surface area contributed by atoms with E-state index in [9.17, 15) is 14.7 Å². The van der Waals surface area contributed by atoms with Crippen LogP contribution in [0.3, 0.4) is 0 Å². The van der Waals surface area contributed by atoms with Crippen LogP contribution in [0.5, 0.6) is 11.5 Å². The molecule has 0 bridgehead atoms. The van der Waals surface area contributed by atoms with Gasteiger partial charge in [0, 0.05) is 37.0 Å². The van der Waals surface area contributed by atoms with Crippen LogP contribution in [0.1, 0.15) is 48.9 Å². The van der Waals surface area contributed by atoms with Gasteiger partial charge in [0.1, 0.15) is 41.2 Å². The van der Waals surface area contributed by atoms with E-state index in [0.717, 1.165) is 31.2 Å². The quantitative estimate of drug-likeness (QED) is 0.296. The molecule has 11 nitrogen and oxygen atoms in total. The van der Waals surface area contributed by atoms with E-state index in [1.807, 2.05) is 12.1 Å². The highest BCUT2D eigenvalue weighted by Gasteiger charge is 2.48. The minimum absolute atomic E-state index is 0.00621. The summed E-state index contributed by atoms with van der Waals surface area (Å²) in [4.78, 5) is 37.4. The number of aliphatic hydroxyl groups is 1. The minimum Gasteiger partial charge on any atom is -0.497 e. The number of fused-ring (bicyclic) bond motifs is 1. The van der Waals surface area contributed by atoms with Gasteiger partial charge in [0.25, 0.3) is 11.8 Å². The van der Waals surface area contributed by atoms with E-state index in [2.05, 4.69) is 25.6 Å². The minimum atomic E-state index is -1.16. The number of hydrogen-bond acceptors (Lipinski definition) is 8. The molecular weight excluding hydrogens is 490 g/mol. The normalized spacial score (nSPS) is 20.1. The Kier molecular flexibility index (Phi) is 7.48. The highest BCUT2D eigenvalue weighted by Crippen LogP contribution is 2.37. The third-order valence-corrected chi connectivity index (χ3v) is 7.24. The Morgan fingerprint density at radius 3 is 2.50 bits per heavy atom. The molecule has 0 aliphatic heterocycles. The van der Waals surface area contributed by atoms with Crippen LogP contribution in [0.2, 0.25) is 0 Å². The van der Waals surface area contributed by atoms with Gasteiger partial charge in [0.15, 0.2) is 0 Å². The van der Waals surface area contributed by atoms with Gasteiger partial charge < -0.3 is 34.9 Å². The number of nitrogens with zero attached hydrogens (tertiary/aromatic N) is 2. The predicted octanol–water partition coefficient (Wildman–Crippen LogP) is 2.34. The average Bonchev–Trinajstić information content (AvgIpc) is 3.53. The Hall–Kier alpha value is -3.70. The first-order chi connectivity index (χ1) is 18.4. The van der Waals surface area contributed by atoms with Gasteiger partial charge in [-0.3, -0.25) is 9.59 Å². The molecule has 2 aromatic heterocycles. The molecule has 0 spiro atoms. The monoisotopic (exact) mass is 523 g/mol. The van der Waals surface area contributed by atoms with Crippen molar-refractivity contribution in [3.8, 4) is 22.8 Å². The molecule has 11 heteroatoms. The lowest BCUT2D eigenvalue weighted by atomic mass is 9.90. The fourth-order valence-electron chi connectivity index (χ4n) is 4.81. The maximum atomic E-state index is 13.2.